The highest BCUT2D eigenvalue weighted by molar-refractivity contribution is 6.42. The zero-order chi connectivity index (χ0) is 20.2. The Morgan fingerprint density at radius 1 is 1.04 bits per heavy atom. The van der Waals surface area contributed by atoms with Crippen molar-refractivity contribution in [1.29, 1.82) is 0 Å². The molecule has 0 aliphatic heterocycles. The molecule has 4 nitrogen and oxygen atoms in total. The molecule has 4 aromatic rings. The first-order valence-corrected chi connectivity index (χ1v) is 8.73. The van der Waals surface area contributed by atoms with Gasteiger partial charge in [-0.3, -0.25) is 4.68 Å². The maximum absolute atomic E-state index is 12.9. The van der Waals surface area contributed by atoms with Crippen molar-refractivity contribution in [3.05, 3.63) is 58.2 Å². The fourth-order valence-corrected chi connectivity index (χ4v) is 3.25. The second kappa shape index (κ2) is 6.46. The van der Waals surface area contributed by atoms with Crippen LogP contribution < -0.4 is 0 Å². The van der Waals surface area contributed by atoms with E-state index in [1.165, 1.54) is 13.1 Å². The van der Waals surface area contributed by atoms with E-state index in [1.54, 1.807) is 30.3 Å². The van der Waals surface area contributed by atoms with E-state index in [4.69, 9.17) is 27.6 Å². The van der Waals surface area contributed by atoms with Gasteiger partial charge >= 0.3 is 6.18 Å². The summed E-state index contributed by atoms with van der Waals surface area (Å²) in [6.45, 7) is 0. The number of aromatic hydroxyl groups is 1. The Balaban J connectivity index is 1.84. The van der Waals surface area contributed by atoms with Gasteiger partial charge in [0.1, 0.15) is 17.1 Å². The molecule has 144 valence electrons. The molecule has 0 unspecified atom stereocenters. The molecule has 0 radical (unpaired) electrons. The predicted octanol–water partition coefficient (Wildman–Crippen LogP) is 6.53. The van der Waals surface area contributed by atoms with Crippen LogP contribution in [-0.2, 0) is 13.2 Å². The smallest absolute Gasteiger partial charge is 0.435 e. The zero-order valence-corrected chi connectivity index (χ0v) is 15.7. The van der Waals surface area contributed by atoms with Crippen molar-refractivity contribution in [2.24, 2.45) is 7.05 Å². The number of hydrogen-bond donors (Lipinski definition) is 1. The monoisotopic (exact) mass is 426 g/mol. The number of nitrogens with zero attached hydrogens (tertiary/aromatic N) is 2. The highest BCUT2D eigenvalue weighted by Gasteiger charge is 2.35. The van der Waals surface area contributed by atoms with Gasteiger partial charge in [-0.15, -0.1) is 0 Å². The summed E-state index contributed by atoms with van der Waals surface area (Å²) in [6.07, 6.45) is -4.58. The summed E-state index contributed by atoms with van der Waals surface area (Å²) < 4.78 is 45.6. The van der Waals surface area contributed by atoms with E-state index >= 15 is 0 Å². The number of phenolic OH excluding ortho intramolecular Hbond substituents is 1. The van der Waals surface area contributed by atoms with Crippen LogP contribution in [0.3, 0.4) is 0 Å². The molecule has 28 heavy (non-hydrogen) atoms. The standard InChI is InChI=1S/C19H11Cl2F3N2O2/c1-26-14(8-17(25-26)19(22,23)24)10-3-5-15-11(18(10)27)7-16(28-15)9-2-4-12(20)13(21)6-9/h2-8,27H,1H3. The van der Waals surface area contributed by atoms with Crippen molar-refractivity contribution in [3.8, 4) is 28.3 Å². The molecule has 0 amide bonds. The molecule has 0 bridgehead atoms. The van der Waals surface area contributed by atoms with Gasteiger partial charge in [0, 0.05) is 18.2 Å². The fraction of sp³-hybridized carbons (Fsp3) is 0.105. The highest BCUT2D eigenvalue weighted by atomic mass is 35.5. The molecular formula is C19H11Cl2F3N2O2. The van der Waals surface area contributed by atoms with Crippen LogP contribution in [0.5, 0.6) is 5.75 Å². The van der Waals surface area contributed by atoms with Crippen molar-refractivity contribution in [2.45, 2.75) is 6.18 Å². The first-order chi connectivity index (χ1) is 13.1. The van der Waals surface area contributed by atoms with Gasteiger partial charge in [0.15, 0.2) is 5.69 Å². The van der Waals surface area contributed by atoms with Crippen LogP contribution in [0.15, 0.2) is 46.9 Å². The van der Waals surface area contributed by atoms with Gasteiger partial charge in [-0.2, -0.15) is 18.3 Å². The lowest BCUT2D eigenvalue weighted by Gasteiger charge is -2.05. The van der Waals surface area contributed by atoms with Gasteiger partial charge in [0.05, 0.1) is 21.1 Å². The number of aromatic nitrogens is 2. The second-order valence-electron chi connectivity index (χ2n) is 6.15. The SMILES string of the molecule is Cn1nc(C(F)(F)F)cc1-c1ccc2oc(-c3ccc(Cl)c(Cl)c3)cc2c1O. The van der Waals surface area contributed by atoms with Crippen LogP contribution in [0.25, 0.3) is 33.6 Å². The summed E-state index contributed by atoms with van der Waals surface area (Å²) in [5.74, 6) is 0.228. The van der Waals surface area contributed by atoms with E-state index in [0.717, 1.165) is 10.7 Å². The number of fused-ring (bicyclic) bond motifs is 1. The topological polar surface area (TPSA) is 51.2 Å². The number of phenols is 1. The van der Waals surface area contributed by atoms with E-state index in [0.29, 0.717) is 32.3 Å². The maximum Gasteiger partial charge on any atom is 0.435 e. The Kier molecular flexibility index (Phi) is 4.32. The minimum Gasteiger partial charge on any atom is -0.506 e. The Bertz CT molecular complexity index is 1210. The van der Waals surface area contributed by atoms with E-state index < -0.39 is 11.9 Å². The van der Waals surface area contributed by atoms with Crippen molar-refractivity contribution >= 4 is 34.2 Å². The van der Waals surface area contributed by atoms with Crippen molar-refractivity contribution in [3.63, 3.8) is 0 Å². The number of alkyl halides is 3. The summed E-state index contributed by atoms with van der Waals surface area (Å²) >= 11 is 11.9. The van der Waals surface area contributed by atoms with Crippen LogP contribution in [0.4, 0.5) is 13.2 Å². The number of halogens is 5. The molecule has 0 saturated heterocycles. The molecule has 0 fully saturated rings. The lowest BCUT2D eigenvalue weighted by molar-refractivity contribution is -0.141. The number of furan rings is 1. The van der Waals surface area contributed by atoms with Crippen LogP contribution in [-0.4, -0.2) is 14.9 Å². The third kappa shape index (κ3) is 3.10. The van der Waals surface area contributed by atoms with Gasteiger partial charge in [-0.05, 0) is 42.5 Å². The third-order valence-electron chi connectivity index (χ3n) is 4.32. The van der Waals surface area contributed by atoms with Gasteiger partial charge in [0.25, 0.3) is 0 Å². The summed E-state index contributed by atoms with van der Waals surface area (Å²) in [5.41, 5.74) is 0.323. The molecule has 4 rings (SSSR count). The number of benzene rings is 2. The molecule has 9 heteroatoms. The molecule has 1 N–H and O–H groups in total. The zero-order valence-electron chi connectivity index (χ0n) is 14.2. The fourth-order valence-electron chi connectivity index (χ4n) is 2.95. The molecule has 0 spiro atoms. The predicted molar refractivity (Wildman–Crippen MR) is 101 cm³/mol. The third-order valence-corrected chi connectivity index (χ3v) is 5.06. The summed E-state index contributed by atoms with van der Waals surface area (Å²) in [6, 6.07) is 10.5. The van der Waals surface area contributed by atoms with E-state index in [2.05, 4.69) is 5.10 Å². The molecule has 0 saturated carbocycles. The average Bonchev–Trinajstić information content (AvgIpc) is 3.22. The van der Waals surface area contributed by atoms with Gasteiger partial charge in [-0.25, -0.2) is 0 Å². The van der Waals surface area contributed by atoms with Gasteiger partial charge < -0.3 is 9.52 Å². The minimum atomic E-state index is -4.58. The molecule has 2 aromatic carbocycles. The summed E-state index contributed by atoms with van der Waals surface area (Å²) in [4.78, 5) is 0. The lowest BCUT2D eigenvalue weighted by Crippen LogP contribution is -2.06. The van der Waals surface area contributed by atoms with Crippen LogP contribution in [0.1, 0.15) is 5.69 Å². The summed E-state index contributed by atoms with van der Waals surface area (Å²) in [7, 11) is 1.38. The van der Waals surface area contributed by atoms with Crippen LogP contribution >= 0.6 is 23.2 Å². The molecular weight excluding hydrogens is 416 g/mol. The van der Waals surface area contributed by atoms with Gasteiger partial charge in [-0.1, -0.05) is 23.2 Å². The number of rotatable bonds is 2. The van der Waals surface area contributed by atoms with Crippen molar-refractivity contribution < 1.29 is 22.7 Å². The Labute approximate surface area is 166 Å². The molecule has 0 aliphatic rings. The van der Waals surface area contributed by atoms with E-state index in [-0.39, 0.29) is 17.0 Å². The first kappa shape index (κ1) is 18.7. The van der Waals surface area contributed by atoms with Crippen LogP contribution in [0, 0.1) is 0 Å². The molecule has 2 heterocycles. The number of aryl methyl sites for hydroxylation is 1. The highest BCUT2D eigenvalue weighted by Crippen LogP contribution is 2.41. The minimum absolute atomic E-state index is 0.129. The number of hydrogen-bond acceptors (Lipinski definition) is 3. The molecule has 0 aliphatic carbocycles. The average molecular weight is 427 g/mol. The Hall–Kier alpha value is -2.64. The maximum atomic E-state index is 12.9. The molecule has 2 aromatic heterocycles. The summed E-state index contributed by atoms with van der Waals surface area (Å²) in [5, 5.41) is 15.2. The van der Waals surface area contributed by atoms with Gasteiger partial charge in [0.2, 0.25) is 0 Å². The van der Waals surface area contributed by atoms with E-state index in [9.17, 15) is 18.3 Å². The Morgan fingerprint density at radius 2 is 1.79 bits per heavy atom. The first-order valence-electron chi connectivity index (χ1n) is 7.97. The van der Waals surface area contributed by atoms with E-state index in [1.807, 2.05) is 0 Å². The molecule has 0 atom stereocenters. The Morgan fingerprint density at radius 3 is 2.43 bits per heavy atom. The largest absolute Gasteiger partial charge is 0.506 e. The quantitative estimate of drug-likeness (QED) is 0.396. The van der Waals surface area contributed by atoms with Crippen molar-refractivity contribution in [2.75, 3.05) is 0 Å². The second-order valence-corrected chi connectivity index (χ2v) is 6.96. The normalized spacial score (nSPS) is 12.1. The van der Waals surface area contributed by atoms with Crippen LogP contribution in [0.2, 0.25) is 10.0 Å². The van der Waals surface area contributed by atoms with Crippen molar-refractivity contribution in [1.82, 2.24) is 9.78 Å². The lowest BCUT2D eigenvalue weighted by atomic mass is 10.1.